The van der Waals surface area contributed by atoms with Crippen molar-refractivity contribution in [2.75, 3.05) is 6.61 Å². The number of ketones is 1. The van der Waals surface area contributed by atoms with E-state index in [0.717, 1.165) is 12.8 Å². The summed E-state index contributed by atoms with van der Waals surface area (Å²) in [6, 6.07) is 3.32. The van der Waals surface area contributed by atoms with Crippen LogP contribution in [-0.4, -0.2) is 33.1 Å². The summed E-state index contributed by atoms with van der Waals surface area (Å²) in [4.78, 5) is 26.7. The maximum Gasteiger partial charge on any atom is 0.343 e. The highest BCUT2D eigenvalue weighted by Gasteiger charge is 2.22. The van der Waals surface area contributed by atoms with Crippen molar-refractivity contribution >= 4 is 23.4 Å². The Morgan fingerprint density at radius 2 is 2.23 bits per heavy atom. The molecule has 0 aliphatic heterocycles. The molecule has 7 heteroatoms. The number of nitrogens with one attached hydrogen (secondary N) is 1. The number of ether oxygens (including phenoxy) is 1. The Bertz CT molecular complexity index is 662. The Hall–Kier alpha value is -2.08. The fourth-order valence-electron chi connectivity index (χ4n) is 2.03. The molecule has 0 amide bonds. The van der Waals surface area contributed by atoms with E-state index >= 15 is 0 Å². The maximum atomic E-state index is 12.1. The second-order valence-electron chi connectivity index (χ2n) is 4.91. The van der Waals surface area contributed by atoms with Gasteiger partial charge in [-0.15, -0.1) is 0 Å². The van der Waals surface area contributed by atoms with Gasteiger partial charge in [-0.05, 0) is 25.5 Å². The van der Waals surface area contributed by atoms with Gasteiger partial charge in [0.15, 0.2) is 6.61 Å². The van der Waals surface area contributed by atoms with Crippen LogP contribution < -0.4 is 0 Å². The number of aryl methyl sites for hydroxylation is 2. The first-order valence-electron chi connectivity index (χ1n) is 7.11. The zero-order valence-electron chi connectivity index (χ0n) is 12.6. The van der Waals surface area contributed by atoms with Gasteiger partial charge >= 0.3 is 5.97 Å². The van der Waals surface area contributed by atoms with Crippen molar-refractivity contribution in [3.05, 3.63) is 40.4 Å². The Balaban J connectivity index is 2.03. The number of H-pyrrole nitrogens is 1. The van der Waals surface area contributed by atoms with Gasteiger partial charge in [0.2, 0.25) is 5.78 Å². The quantitative estimate of drug-likeness (QED) is 0.627. The molecule has 0 atom stereocenters. The van der Waals surface area contributed by atoms with Crippen molar-refractivity contribution in [3.63, 3.8) is 0 Å². The van der Waals surface area contributed by atoms with Gasteiger partial charge in [-0.3, -0.25) is 9.48 Å². The van der Waals surface area contributed by atoms with Crippen molar-refractivity contribution in [3.8, 4) is 0 Å². The molecular weight excluding hydrogens is 306 g/mol. The molecule has 22 heavy (non-hydrogen) atoms. The molecule has 1 N–H and O–H groups in total. The summed E-state index contributed by atoms with van der Waals surface area (Å²) in [5.41, 5.74) is 1.12. The third kappa shape index (κ3) is 3.57. The predicted molar refractivity (Wildman–Crippen MR) is 82.3 cm³/mol. The molecule has 0 aliphatic rings. The Morgan fingerprint density at radius 3 is 2.86 bits per heavy atom. The number of hydrogen-bond donors (Lipinski definition) is 1. The van der Waals surface area contributed by atoms with Gasteiger partial charge in [0, 0.05) is 12.7 Å². The van der Waals surface area contributed by atoms with Gasteiger partial charge in [-0.25, -0.2) is 4.79 Å². The number of aromatic amines is 1. The molecule has 6 nitrogen and oxygen atoms in total. The number of Topliss-reactive ketones (excluding diaryl/α,β-unsaturated/α-hetero) is 1. The standard InChI is InChI=1S/C15H18ClN3O3/c1-3-4-8-19-14(16)13(10(2)18-19)15(21)22-9-12(20)11-6-5-7-17-11/h5-7,17H,3-4,8-9H2,1-2H3. The highest BCUT2D eigenvalue weighted by atomic mass is 35.5. The van der Waals surface area contributed by atoms with Gasteiger partial charge in [-0.1, -0.05) is 24.9 Å². The molecule has 2 aromatic heterocycles. The van der Waals surface area contributed by atoms with E-state index in [0.29, 0.717) is 17.9 Å². The van der Waals surface area contributed by atoms with Gasteiger partial charge in [0.25, 0.3) is 0 Å². The van der Waals surface area contributed by atoms with Crippen LogP contribution in [0, 0.1) is 6.92 Å². The highest BCUT2D eigenvalue weighted by molar-refractivity contribution is 6.32. The van der Waals surface area contributed by atoms with E-state index in [4.69, 9.17) is 16.3 Å². The number of halogens is 1. The lowest BCUT2D eigenvalue weighted by molar-refractivity contribution is 0.0473. The number of unbranched alkanes of at least 4 members (excludes halogenated alkanes) is 1. The summed E-state index contributed by atoms with van der Waals surface area (Å²) in [7, 11) is 0. The van der Waals surface area contributed by atoms with Crippen molar-refractivity contribution in [1.82, 2.24) is 14.8 Å². The molecule has 0 radical (unpaired) electrons. The number of rotatable bonds is 7. The lowest BCUT2D eigenvalue weighted by Crippen LogP contribution is -2.15. The zero-order chi connectivity index (χ0) is 16.1. The van der Waals surface area contributed by atoms with Gasteiger partial charge in [0.05, 0.1) is 11.4 Å². The normalized spacial score (nSPS) is 10.7. The monoisotopic (exact) mass is 323 g/mol. The first-order valence-corrected chi connectivity index (χ1v) is 7.49. The third-order valence-corrected chi connectivity index (χ3v) is 3.61. The lowest BCUT2D eigenvalue weighted by atomic mass is 10.2. The van der Waals surface area contributed by atoms with Crippen LogP contribution in [0.25, 0.3) is 0 Å². The minimum atomic E-state index is -0.634. The smallest absolute Gasteiger partial charge is 0.343 e. The van der Waals surface area contributed by atoms with Crippen molar-refractivity contribution in [1.29, 1.82) is 0 Å². The van der Waals surface area contributed by atoms with E-state index in [9.17, 15) is 9.59 Å². The summed E-state index contributed by atoms with van der Waals surface area (Å²) in [6.45, 7) is 4.06. The Morgan fingerprint density at radius 1 is 1.45 bits per heavy atom. The van der Waals surface area contributed by atoms with Crippen LogP contribution in [0.5, 0.6) is 0 Å². The van der Waals surface area contributed by atoms with Gasteiger partial charge in [-0.2, -0.15) is 5.10 Å². The van der Waals surface area contributed by atoms with E-state index < -0.39 is 5.97 Å². The molecule has 0 saturated carbocycles. The minimum absolute atomic E-state index is 0.219. The van der Waals surface area contributed by atoms with Crippen molar-refractivity contribution < 1.29 is 14.3 Å². The number of nitrogens with zero attached hydrogens (tertiary/aromatic N) is 2. The first kappa shape index (κ1) is 16.3. The highest BCUT2D eigenvalue weighted by Crippen LogP contribution is 2.21. The predicted octanol–water partition coefficient (Wildman–Crippen LogP) is 3.01. The van der Waals surface area contributed by atoms with Crippen LogP contribution >= 0.6 is 11.6 Å². The maximum absolute atomic E-state index is 12.1. The van der Waals surface area contributed by atoms with E-state index in [-0.39, 0.29) is 23.1 Å². The van der Waals surface area contributed by atoms with Crippen molar-refractivity contribution in [2.45, 2.75) is 33.2 Å². The molecule has 0 saturated heterocycles. The molecule has 0 aromatic carbocycles. The van der Waals surface area contributed by atoms with Crippen LogP contribution in [0.15, 0.2) is 18.3 Å². The van der Waals surface area contributed by atoms with Gasteiger partial charge < -0.3 is 9.72 Å². The number of hydrogen-bond acceptors (Lipinski definition) is 4. The molecule has 118 valence electrons. The fourth-order valence-corrected chi connectivity index (χ4v) is 2.36. The van der Waals surface area contributed by atoms with Crippen LogP contribution in [-0.2, 0) is 11.3 Å². The largest absolute Gasteiger partial charge is 0.453 e. The fraction of sp³-hybridized carbons (Fsp3) is 0.400. The molecular formula is C15H18ClN3O3. The lowest BCUT2D eigenvalue weighted by Gasteiger charge is -2.04. The van der Waals surface area contributed by atoms with E-state index in [1.54, 1.807) is 29.9 Å². The van der Waals surface area contributed by atoms with Gasteiger partial charge in [0.1, 0.15) is 10.7 Å². The van der Waals surface area contributed by atoms with Crippen molar-refractivity contribution in [2.24, 2.45) is 0 Å². The summed E-state index contributed by atoms with van der Waals surface area (Å²) in [5.74, 6) is -0.935. The van der Waals surface area contributed by atoms with Crippen LogP contribution in [0.2, 0.25) is 5.15 Å². The second-order valence-corrected chi connectivity index (χ2v) is 5.27. The summed E-state index contributed by atoms with van der Waals surface area (Å²) < 4.78 is 6.63. The van der Waals surface area contributed by atoms with E-state index in [1.165, 1.54) is 0 Å². The molecule has 0 aliphatic carbocycles. The summed E-state index contributed by atoms with van der Waals surface area (Å²) in [5, 5.41) is 4.49. The van der Waals surface area contributed by atoms with Crippen LogP contribution in [0.1, 0.15) is 46.3 Å². The molecule has 2 aromatic rings. The van der Waals surface area contributed by atoms with Crippen LogP contribution in [0.4, 0.5) is 0 Å². The topological polar surface area (TPSA) is 77.0 Å². The van der Waals surface area contributed by atoms with E-state index in [1.807, 2.05) is 0 Å². The van der Waals surface area contributed by atoms with Crippen LogP contribution in [0.3, 0.4) is 0 Å². The number of aromatic nitrogens is 3. The Labute approximate surface area is 133 Å². The molecule has 0 fully saturated rings. The number of carbonyl (C=O) groups excluding carboxylic acids is 2. The average molecular weight is 324 g/mol. The molecule has 2 rings (SSSR count). The third-order valence-electron chi connectivity index (χ3n) is 3.23. The number of carbonyl (C=O) groups is 2. The summed E-state index contributed by atoms with van der Waals surface area (Å²) in [6.07, 6.45) is 3.55. The Kier molecular flexibility index (Phi) is 5.38. The second kappa shape index (κ2) is 7.26. The van der Waals surface area contributed by atoms with E-state index in [2.05, 4.69) is 17.0 Å². The first-order chi connectivity index (χ1) is 10.5. The summed E-state index contributed by atoms with van der Waals surface area (Å²) >= 11 is 6.18. The average Bonchev–Trinajstić information content (AvgIpc) is 3.11. The molecule has 0 unspecified atom stereocenters. The SMILES string of the molecule is CCCCn1nc(C)c(C(=O)OCC(=O)c2ccc[nH]2)c1Cl. The molecule has 0 bridgehead atoms. The molecule has 0 spiro atoms. The minimum Gasteiger partial charge on any atom is -0.453 e. The number of esters is 1. The molecule has 2 heterocycles. The zero-order valence-corrected chi connectivity index (χ0v) is 13.3.